The highest BCUT2D eigenvalue weighted by Gasteiger charge is 2.35. The van der Waals surface area contributed by atoms with Crippen LogP contribution < -0.4 is 0 Å². The Morgan fingerprint density at radius 1 is 1.18 bits per heavy atom. The van der Waals surface area contributed by atoms with Gasteiger partial charge < -0.3 is 14.4 Å². The first-order chi connectivity index (χ1) is 10.6. The lowest BCUT2D eigenvalue weighted by Gasteiger charge is -2.23. The lowest BCUT2D eigenvalue weighted by atomic mass is 10.2. The summed E-state index contributed by atoms with van der Waals surface area (Å²) >= 11 is 0. The number of carbonyl (C=O) groups excluding carboxylic acids is 3. The molecule has 1 fully saturated rings. The monoisotopic (exact) mass is 305 g/mol. The minimum Gasteiger partial charge on any atom is -0.459 e. The predicted octanol–water partition coefficient (Wildman–Crippen LogP) is 1.28. The molecule has 6 heteroatoms. The highest BCUT2D eigenvalue weighted by atomic mass is 16.5. The number of esters is 2. The van der Waals surface area contributed by atoms with Crippen LogP contribution in [0.2, 0.25) is 0 Å². The molecular formula is C16H19NO5. The average molecular weight is 305 g/mol. The zero-order valence-corrected chi connectivity index (χ0v) is 12.5. The second-order valence-corrected chi connectivity index (χ2v) is 5.12. The van der Waals surface area contributed by atoms with Gasteiger partial charge in [-0.3, -0.25) is 9.59 Å². The molecule has 1 amide bonds. The average Bonchev–Trinajstić information content (AvgIpc) is 3.01. The number of rotatable bonds is 5. The van der Waals surface area contributed by atoms with E-state index in [1.54, 1.807) is 0 Å². The molecule has 0 unspecified atom stereocenters. The summed E-state index contributed by atoms with van der Waals surface area (Å²) in [6.07, 6.45) is 1.30. The molecule has 1 aromatic rings. The first kappa shape index (κ1) is 16.0. The van der Waals surface area contributed by atoms with Crippen LogP contribution in [0.3, 0.4) is 0 Å². The highest BCUT2D eigenvalue weighted by Crippen LogP contribution is 2.19. The molecule has 1 aromatic carbocycles. The van der Waals surface area contributed by atoms with Crippen LogP contribution in [0.4, 0.5) is 0 Å². The number of hydrogen-bond donors (Lipinski definition) is 0. The van der Waals surface area contributed by atoms with Crippen molar-refractivity contribution in [3.63, 3.8) is 0 Å². The molecule has 1 saturated heterocycles. The van der Waals surface area contributed by atoms with Crippen LogP contribution in [-0.2, 0) is 30.5 Å². The maximum absolute atomic E-state index is 12.1. The quantitative estimate of drug-likeness (QED) is 0.766. The maximum Gasteiger partial charge on any atom is 0.329 e. The summed E-state index contributed by atoms with van der Waals surface area (Å²) in [5, 5.41) is 0. The van der Waals surface area contributed by atoms with Crippen LogP contribution in [0.15, 0.2) is 30.3 Å². The fourth-order valence-electron chi connectivity index (χ4n) is 2.38. The van der Waals surface area contributed by atoms with Crippen molar-refractivity contribution in [1.82, 2.24) is 4.90 Å². The SMILES string of the molecule is CC(=O)OCC(=O)N1CCC[C@@H]1C(=O)OCc1ccccc1. The molecule has 118 valence electrons. The summed E-state index contributed by atoms with van der Waals surface area (Å²) in [5.41, 5.74) is 0.895. The van der Waals surface area contributed by atoms with E-state index in [0.29, 0.717) is 13.0 Å². The molecule has 2 rings (SSSR count). The Morgan fingerprint density at radius 3 is 2.59 bits per heavy atom. The van der Waals surface area contributed by atoms with Crippen molar-refractivity contribution in [3.05, 3.63) is 35.9 Å². The summed E-state index contributed by atoms with van der Waals surface area (Å²) in [7, 11) is 0. The standard InChI is InChI=1S/C16H19NO5/c1-12(18)21-11-15(19)17-9-5-8-14(17)16(20)22-10-13-6-3-2-4-7-13/h2-4,6-7,14H,5,8-11H2,1H3/t14-/m1/s1. The molecule has 1 aliphatic rings. The molecule has 0 radical (unpaired) electrons. The van der Waals surface area contributed by atoms with Crippen molar-refractivity contribution in [2.45, 2.75) is 32.4 Å². The summed E-state index contributed by atoms with van der Waals surface area (Å²) in [6.45, 7) is 1.56. The van der Waals surface area contributed by atoms with Crippen molar-refractivity contribution in [1.29, 1.82) is 0 Å². The third-order valence-electron chi connectivity index (χ3n) is 3.47. The number of amides is 1. The Hall–Kier alpha value is -2.37. The number of benzene rings is 1. The number of nitrogens with zero attached hydrogens (tertiary/aromatic N) is 1. The fourth-order valence-corrected chi connectivity index (χ4v) is 2.38. The van der Waals surface area contributed by atoms with Crippen LogP contribution in [0, 0.1) is 0 Å². The molecule has 0 aromatic heterocycles. The Morgan fingerprint density at radius 2 is 1.91 bits per heavy atom. The van der Waals surface area contributed by atoms with E-state index in [1.165, 1.54) is 11.8 Å². The van der Waals surface area contributed by atoms with E-state index in [-0.39, 0.29) is 19.1 Å². The Bertz CT molecular complexity index is 543. The van der Waals surface area contributed by atoms with Crippen LogP contribution in [-0.4, -0.2) is 41.9 Å². The number of likely N-dealkylation sites (tertiary alicyclic amines) is 1. The van der Waals surface area contributed by atoms with Crippen LogP contribution >= 0.6 is 0 Å². The fraction of sp³-hybridized carbons (Fsp3) is 0.438. The van der Waals surface area contributed by atoms with Gasteiger partial charge in [-0.05, 0) is 18.4 Å². The van der Waals surface area contributed by atoms with Crippen molar-refractivity contribution in [2.24, 2.45) is 0 Å². The van der Waals surface area contributed by atoms with Gasteiger partial charge in [-0.1, -0.05) is 30.3 Å². The zero-order chi connectivity index (χ0) is 15.9. The third kappa shape index (κ3) is 4.31. The lowest BCUT2D eigenvalue weighted by molar-refractivity contribution is -0.157. The van der Waals surface area contributed by atoms with Crippen molar-refractivity contribution >= 4 is 17.8 Å². The van der Waals surface area contributed by atoms with Crippen LogP contribution in [0.1, 0.15) is 25.3 Å². The van der Waals surface area contributed by atoms with E-state index in [1.807, 2.05) is 30.3 Å². The maximum atomic E-state index is 12.1. The van der Waals surface area contributed by atoms with Crippen molar-refractivity contribution in [3.8, 4) is 0 Å². The van der Waals surface area contributed by atoms with Gasteiger partial charge in [0.2, 0.25) is 0 Å². The Kier molecular flexibility index (Phi) is 5.52. The highest BCUT2D eigenvalue weighted by molar-refractivity contribution is 5.86. The Labute approximate surface area is 129 Å². The molecule has 1 aliphatic heterocycles. The van der Waals surface area contributed by atoms with E-state index in [4.69, 9.17) is 9.47 Å². The number of carbonyl (C=O) groups is 3. The normalized spacial score (nSPS) is 17.1. The largest absolute Gasteiger partial charge is 0.459 e. The molecule has 6 nitrogen and oxygen atoms in total. The van der Waals surface area contributed by atoms with Gasteiger partial charge >= 0.3 is 11.9 Å². The number of ether oxygens (including phenoxy) is 2. The van der Waals surface area contributed by atoms with E-state index >= 15 is 0 Å². The van der Waals surface area contributed by atoms with Gasteiger partial charge in [0.25, 0.3) is 5.91 Å². The van der Waals surface area contributed by atoms with Crippen LogP contribution in [0.5, 0.6) is 0 Å². The van der Waals surface area contributed by atoms with Crippen LogP contribution in [0.25, 0.3) is 0 Å². The molecule has 0 N–H and O–H groups in total. The van der Waals surface area contributed by atoms with E-state index in [0.717, 1.165) is 12.0 Å². The lowest BCUT2D eigenvalue weighted by Crippen LogP contribution is -2.43. The molecule has 1 heterocycles. The smallest absolute Gasteiger partial charge is 0.329 e. The molecule has 0 saturated carbocycles. The van der Waals surface area contributed by atoms with Gasteiger partial charge in [0.05, 0.1) is 0 Å². The molecule has 0 bridgehead atoms. The minimum absolute atomic E-state index is 0.183. The van der Waals surface area contributed by atoms with Crippen molar-refractivity contribution < 1.29 is 23.9 Å². The summed E-state index contributed by atoms with van der Waals surface area (Å²) in [5.74, 6) is -1.30. The van der Waals surface area contributed by atoms with Gasteiger partial charge in [-0.2, -0.15) is 0 Å². The van der Waals surface area contributed by atoms with E-state index < -0.39 is 18.0 Å². The predicted molar refractivity (Wildman–Crippen MR) is 77.6 cm³/mol. The van der Waals surface area contributed by atoms with Gasteiger partial charge in [-0.15, -0.1) is 0 Å². The topological polar surface area (TPSA) is 72.9 Å². The second-order valence-electron chi connectivity index (χ2n) is 5.12. The van der Waals surface area contributed by atoms with Gasteiger partial charge in [-0.25, -0.2) is 4.79 Å². The first-order valence-electron chi connectivity index (χ1n) is 7.21. The molecular weight excluding hydrogens is 286 g/mol. The summed E-state index contributed by atoms with van der Waals surface area (Å²) in [6, 6.07) is 8.77. The van der Waals surface area contributed by atoms with Gasteiger partial charge in [0, 0.05) is 13.5 Å². The number of hydrogen-bond acceptors (Lipinski definition) is 5. The first-order valence-corrected chi connectivity index (χ1v) is 7.21. The Balaban J connectivity index is 1.87. The summed E-state index contributed by atoms with van der Waals surface area (Å²) in [4.78, 5) is 36.3. The molecule has 1 atom stereocenters. The van der Waals surface area contributed by atoms with Gasteiger partial charge in [0.1, 0.15) is 12.6 Å². The molecule has 0 spiro atoms. The molecule has 0 aliphatic carbocycles. The van der Waals surface area contributed by atoms with Crippen molar-refractivity contribution in [2.75, 3.05) is 13.2 Å². The van der Waals surface area contributed by atoms with E-state index in [2.05, 4.69) is 0 Å². The zero-order valence-electron chi connectivity index (χ0n) is 12.5. The third-order valence-corrected chi connectivity index (χ3v) is 3.47. The summed E-state index contributed by atoms with van der Waals surface area (Å²) < 4.78 is 9.97. The second kappa shape index (κ2) is 7.59. The molecule has 22 heavy (non-hydrogen) atoms. The minimum atomic E-state index is -0.591. The van der Waals surface area contributed by atoms with Gasteiger partial charge in [0.15, 0.2) is 6.61 Å². The van der Waals surface area contributed by atoms with E-state index in [9.17, 15) is 14.4 Å².